The van der Waals surface area contributed by atoms with E-state index in [4.69, 9.17) is 0 Å². The van der Waals surface area contributed by atoms with Crippen LogP contribution in [0.2, 0.25) is 0 Å². The summed E-state index contributed by atoms with van der Waals surface area (Å²) < 4.78 is 2.92. The van der Waals surface area contributed by atoms with Crippen LogP contribution in [-0.4, -0.2) is 19.9 Å². The number of halogens is 1. The number of hydrogen-bond donors (Lipinski definition) is 1. The molecule has 2 aromatic heterocycles. The van der Waals surface area contributed by atoms with Gasteiger partial charge in [-0.25, -0.2) is 0 Å². The Labute approximate surface area is 128 Å². The fourth-order valence-corrected chi connectivity index (χ4v) is 2.87. The van der Waals surface area contributed by atoms with Crippen LogP contribution in [0.25, 0.3) is 0 Å². The molecule has 1 N–H and O–H groups in total. The summed E-state index contributed by atoms with van der Waals surface area (Å²) in [6, 6.07) is 3.87. The average molecular weight is 338 g/mol. The normalized spacial score (nSPS) is 12.7. The summed E-state index contributed by atoms with van der Waals surface area (Å²) in [6.45, 7) is 8.70. The third kappa shape index (κ3) is 3.10. The predicted octanol–water partition coefficient (Wildman–Crippen LogP) is 3.26. The van der Waals surface area contributed by atoms with Gasteiger partial charge in [0.25, 0.3) is 0 Å². The molecule has 0 fully saturated rings. The lowest BCUT2D eigenvalue weighted by Crippen LogP contribution is -2.09. The minimum atomic E-state index is -0.548. The van der Waals surface area contributed by atoms with E-state index in [9.17, 15) is 5.11 Å². The Kier molecular flexibility index (Phi) is 4.60. The van der Waals surface area contributed by atoms with E-state index in [1.165, 1.54) is 0 Å². The van der Waals surface area contributed by atoms with Crippen LogP contribution in [0, 0.1) is 20.8 Å². The lowest BCUT2D eigenvalue weighted by molar-refractivity contribution is 0.175. The molecular formula is C15H20BrN3O. The van der Waals surface area contributed by atoms with Gasteiger partial charge in [0.1, 0.15) is 0 Å². The van der Waals surface area contributed by atoms with E-state index >= 15 is 0 Å². The zero-order valence-corrected chi connectivity index (χ0v) is 13.9. The van der Waals surface area contributed by atoms with Crippen LogP contribution in [0.1, 0.15) is 41.4 Å². The molecule has 0 aliphatic rings. The molecule has 1 unspecified atom stereocenters. The minimum absolute atomic E-state index is 0.540. The van der Waals surface area contributed by atoms with Gasteiger partial charge in [-0.2, -0.15) is 5.10 Å². The second kappa shape index (κ2) is 6.06. The van der Waals surface area contributed by atoms with E-state index < -0.39 is 6.10 Å². The standard InChI is InChI=1S/C15H20BrN3O/c1-5-19-13(15(16)11(4)18-19)8-14(20)12-6-9(2)17-10(3)7-12/h6-7,14,20H,5,8H2,1-4H3. The molecule has 108 valence electrons. The molecule has 0 aromatic carbocycles. The smallest absolute Gasteiger partial charge is 0.0847 e. The van der Waals surface area contributed by atoms with E-state index in [0.29, 0.717) is 6.42 Å². The summed E-state index contributed by atoms with van der Waals surface area (Å²) in [4.78, 5) is 4.34. The zero-order chi connectivity index (χ0) is 14.9. The highest BCUT2D eigenvalue weighted by Crippen LogP contribution is 2.27. The number of aromatic nitrogens is 3. The first-order valence-electron chi connectivity index (χ1n) is 6.77. The summed E-state index contributed by atoms with van der Waals surface area (Å²) in [5, 5.41) is 14.9. The van der Waals surface area contributed by atoms with Gasteiger partial charge in [-0.05, 0) is 61.3 Å². The quantitative estimate of drug-likeness (QED) is 0.931. The van der Waals surface area contributed by atoms with Crippen LogP contribution < -0.4 is 0 Å². The lowest BCUT2D eigenvalue weighted by Gasteiger charge is -2.14. The predicted molar refractivity (Wildman–Crippen MR) is 82.7 cm³/mol. The third-order valence-corrected chi connectivity index (χ3v) is 4.36. The highest BCUT2D eigenvalue weighted by molar-refractivity contribution is 9.10. The first-order chi connectivity index (χ1) is 9.42. The number of hydrogen-bond acceptors (Lipinski definition) is 3. The Morgan fingerprint density at radius 2 is 1.85 bits per heavy atom. The molecule has 0 spiro atoms. The Hall–Kier alpha value is -1.20. The summed E-state index contributed by atoms with van der Waals surface area (Å²) in [7, 11) is 0. The SMILES string of the molecule is CCn1nc(C)c(Br)c1CC(O)c1cc(C)nc(C)c1. The van der Waals surface area contributed by atoms with Crippen molar-refractivity contribution in [1.82, 2.24) is 14.8 Å². The highest BCUT2D eigenvalue weighted by atomic mass is 79.9. The second-order valence-electron chi connectivity index (χ2n) is 5.07. The zero-order valence-electron chi connectivity index (χ0n) is 12.3. The molecule has 5 heteroatoms. The molecule has 0 saturated carbocycles. The maximum atomic E-state index is 10.5. The fraction of sp³-hybridized carbons (Fsp3) is 0.467. The summed E-state index contributed by atoms with van der Waals surface area (Å²) in [5.41, 5.74) is 4.75. The van der Waals surface area contributed by atoms with E-state index in [2.05, 4.69) is 32.9 Å². The maximum absolute atomic E-state index is 10.5. The van der Waals surface area contributed by atoms with Gasteiger partial charge in [0, 0.05) is 24.4 Å². The van der Waals surface area contributed by atoms with Crippen molar-refractivity contribution < 1.29 is 5.11 Å². The van der Waals surface area contributed by atoms with Crippen LogP contribution in [0.4, 0.5) is 0 Å². The molecule has 0 aliphatic heterocycles. The molecule has 0 saturated heterocycles. The van der Waals surface area contributed by atoms with Crippen LogP contribution >= 0.6 is 15.9 Å². The van der Waals surface area contributed by atoms with Crippen molar-refractivity contribution in [3.05, 3.63) is 44.9 Å². The largest absolute Gasteiger partial charge is 0.388 e. The summed E-state index contributed by atoms with van der Waals surface area (Å²) in [6.07, 6.45) is -0.00822. The van der Waals surface area contributed by atoms with Crippen molar-refractivity contribution in [2.45, 2.75) is 46.8 Å². The van der Waals surface area contributed by atoms with Gasteiger partial charge in [0.05, 0.1) is 22.0 Å². The Balaban J connectivity index is 2.29. The lowest BCUT2D eigenvalue weighted by atomic mass is 10.0. The maximum Gasteiger partial charge on any atom is 0.0847 e. The van der Waals surface area contributed by atoms with Crippen molar-refractivity contribution in [2.75, 3.05) is 0 Å². The minimum Gasteiger partial charge on any atom is -0.388 e. The molecule has 1 atom stereocenters. The molecule has 2 heterocycles. The van der Waals surface area contributed by atoms with E-state index in [1.54, 1.807) is 0 Å². The van der Waals surface area contributed by atoms with E-state index in [0.717, 1.165) is 39.4 Å². The van der Waals surface area contributed by atoms with Crippen molar-refractivity contribution in [2.24, 2.45) is 0 Å². The van der Waals surface area contributed by atoms with Crippen molar-refractivity contribution >= 4 is 15.9 Å². The van der Waals surface area contributed by atoms with Crippen LogP contribution in [0.3, 0.4) is 0 Å². The first-order valence-corrected chi connectivity index (χ1v) is 7.56. The van der Waals surface area contributed by atoms with Crippen LogP contribution in [0.15, 0.2) is 16.6 Å². The molecule has 0 aliphatic carbocycles. The van der Waals surface area contributed by atoms with Gasteiger partial charge < -0.3 is 5.11 Å². The van der Waals surface area contributed by atoms with E-state index in [-0.39, 0.29) is 0 Å². The van der Waals surface area contributed by atoms with Gasteiger partial charge in [0.2, 0.25) is 0 Å². The Morgan fingerprint density at radius 1 is 1.25 bits per heavy atom. The first kappa shape index (κ1) is 15.2. The second-order valence-corrected chi connectivity index (χ2v) is 5.86. The van der Waals surface area contributed by atoms with Gasteiger partial charge >= 0.3 is 0 Å². The number of aliphatic hydroxyl groups is 1. The monoisotopic (exact) mass is 337 g/mol. The van der Waals surface area contributed by atoms with Gasteiger partial charge in [-0.15, -0.1) is 0 Å². The van der Waals surface area contributed by atoms with Gasteiger partial charge in [-0.3, -0.25) is 9.67 Å². The van der Waals surface area contributed by atoms with Gasteiger partial charge in [0.15, 0.2) is 0 Å². The molecule has 2 rings (SSSR count). The number of rotatable bonds is 4. The molecule has 2 aromatic rings. The Morgan fingerprint density at radius 3 is 2.40 bits per heavy atom. The Bertz CT molecular complexity index is 602. The topological polar surface area (TPSA) is 50.9 Å². The summed E-state index contributed by atoms with van der Waals surface area (Å²) >= 11 is 3.57. The summed E-state index contributed by atoms with van der Waals surface area (Å²) in [5.74, 6) is 0. The molecular weight excluding hydrogens is 318 g/mol. The van der Waals surface area contributed by atoms with Crippen molar-refractivity contribution in [3.63, 3.8) is 0 Å². The molecule has 0 amide bonds. The number of aryl methyl sites for hydroxylation is 4. The van der Waals surface area contributed by atoms with Crippen LogP contribution in [0.5, 0.6) is 0 Å². The van der Waals surface area contributed by atoms with Crippen molar-refractivity contribution in [1.29, 1.82) is 0 Å². The number of nitrogens with zero attached hydrogens (tertiary/aromatic N) is 3. The molecule has 4 nitrogen and oxygen atoms in total. The number of pyridine rings is 1. The third-order valence-electron chi connectivity index (χ3n) is 3.33. The molecule has 20 heavy (non-hydrogen) atoms. The number of aliphatic hydroxyl groups excluding tert-OH is 1. The van der Waals surface area contributed by atoms with E-state index in [1.807, 2.05) is 37.6 Å². The van der Waals surface area contributed by atoms with Gasteiger partial charge in [-0.1, -0.05) is 0 Å². The fourth-order valence-electron chi connectivity index (χ4n) is 2.42. The van der Waals surface area contributed by atoms with Crippen molar-refractivity contribution in [3.8, 4) is 0 Å². The average Bonchev–Trinajstić information content (AvgIpc) is 2.65. The highest BCUT2D eigenvalue weighted by Gasteiger charge is 2.17. The molecule has 0 radical (unpaired) electrons. The molecule has 0 bridgehead atoms. The van der Waals surface area contributed by atoms with Crippen LogP contribution in [-0.2, 0) is 13.0 Å².